The van der Waals surface area contributed by atoms with Gasteiger partial charge in [-0.1, -0.05) is 24.3 Å². The normalized spacial score (nSPS) is 20.4. The summed E-state index contributed by atoms with van der Waals surface area (Å²) in [5.74, 6) is 2.70. The number of aromatic hydroxyl groups is 2. The van der Waals surface area contributed by atoms with Gasteiger partial charge in [-0.05, 0) is 108 Å². The Morgan fingerprint density at radius 3 is 2.76 bits per heavy atom. The van der Waals surface area contributed by atoms with E-state index in [-0.39, 0.29) is 23.5 Å². The molecule has 8 nitrogen and oxygen atoms in total. The molecule has 0 saturated carbocycles. The van der Waals surface area contributed by atoms with Crippen molar-refractivity contribution in [3.63, 3.8) is 0 Å². The van der Waals surface area contributed by atoms with Gasteiger partial charge < -0.3 is 29.2 Å². The number of phenolic OH excluding ortho intramolecular Hbond substituents is 2. The monoisotopic (exact) mass is 618 g/mol. The number of nitrogens with one attached hydrogen (secondary N) is 1. The van der Waals surface area contributed by atoms with Crippen LogP contribution in [-0.4, -0.2) is 50.4 Å². The lowest BCUT2D eigenvalue weighted by atomic mass is 9.72. The van der Waals surface area contributed by atoms with Gasteiger partial charge >= 0.3 is 0 Å². The Kier molecular flexibility index (Phi) is 7.34. The van der Waals surface area contributed by atoms with Crippen molar-refractivity contribution in [2.45, 2.75) is 50.2 Å². The van der Waals surface area contributed by atoms with Crippen molar-refractivity contribution in [1.82, 2.24) is 5.32 Å². The van der Waals surface area contributed by atoms with E-state index < -0.39 is 6.10 Å². The van der Waals surface area contributed by atoms with Gasteiger partial charge in [-0.3, -0.25) is 10.3 Å². The van der Waals surface area contributed by atoms with Crippen LogP contribution < -0.4 is 30.1 Å². The first-order chi connectivity index (χ1) is 22.5. The zero-order valence-electron chi connectivity index (χ0n) is 26.1. The van der Waals surface area contributed by atoms with Crippen LogP contribution in [0.3, 0.4) is 0 Å². The van der Waals surface area contributed by atoms with Gasteiger partial charge in [0.1, 0.15) is 23.4 Å². The van der Waals surface area contributed by atoms with Crippen LogP contribution in [0.25, 0.3) is 17.2 Å². The molecule has 1 aliphatic carbocycles. The van der Waals surface area contributed by atoms with Gasteiger partial charge in [0.05, 0.1) is 32.3 Å². The summed E-state index contributed by atoms with van der Waals surface area (Å²) in [6.07, 6.45) is 5.54. The van der Waals surface area contributed by atoms with E-state index in [0.29, 0.717) is 25.5 Å². The zero-order valence-corrected chi connectivity index (χ0v) is 26.1. The molecule has 0 aromatic heterocycles. The molecule has 0 radical (unpaired) electrons. The molecule has 4 aliphatic rings. The lowest BCUT2D eigenvalue weighted by Gasteiger charge is -2.40. The predicted octanol–water partition coefficient (Wildman–Crippen LogP) is 4.63. The fourth-order valence-electron chi connectivity index (χ4n) is 7.76. The van der Waals surface area contributed by atoms with Crippen LogP contribution in [0.2, 0.25) is 0 Å². The SMILES string of the molecule is CNCOC1Cc2c3c(c4c(c2OC1c1ccc(O)c(OC)c1)CCCO4)-c1ccc(O)cc1C(Cc1ccc2c(c1)=CCN=2)C3. The highest BCUT2D eigenvalue weighted by atomic mass is 16.6. The highest BCUT2D eigenvalue weighted by Gasteiger charge is 2.41. The Morgan fingerprint density at radius 2 is 1.89 bits per heavy atom. The lowest BCUT2D eigenvalue weighted by molar-refractivity contribution is -0.0434. The molecule has 3 unspecified atom stereocenters. The van der Waals surface area contributed by atoms with E-state index in [1.165, 1.54) is 21.9 Å². The number of benzene rings is 4. The van der Waals surface area contributed by atoms with Crippen molar-refractivity contribution >= 4 is 6.08 Å². The van der Waals surface area contributed by atoms with Crippen molar-refractivity contribution < 1.29 is 29.2 Å². The second kappa shape index (κ2) is 11.7. The van der Waals surface area contributed by atoms with Gasteiger partial charge in [0.25, 0.3) is 0 Å². The zero-order chi connectivity index (χ0) is 31.4. The van der Waals surface area contributed by atoms with Gasteiger partial charge in [-0.25, -0.2) is 0 Å². The average molecular weight is 619 g/mol. The van der Waals surface area contributed by atoms with E-state index >= 15 is 0 Å². The molecule has 0 saturated heterocycles. The minimum atomic E-state index is -0.406. The summed E-state index contributed by atoms with van der Waals surface area (Å²) < 4.78 is 25.4. The quantitative estimate of drug-likeness (QED) is 0.260. The summed E-state index contributed by atoms with van der Waals surface area (Å²) >= 11 is 0. The number of hydrogen-bond acceptors (Lipinski definition) is 8. The summed E-state index contributed by atoms with van der Waals surface area (Å²) in [4.78, 5) is 4.57. The molecule has 0 amide bonds. The van der Waals surface area contributed by atoms with E-state index in [9.17, 15) is 10.2 Å². The third-order valence-electron chi connectivity index (χ3n) is 9.84. The van der Waals surface area contributed by atoms with Gasteiger partial charge in [-0.15, -0.1) is 0 Å². The molecular weight excluding hydrogens is 580 g/mol. The molecule has 46 heavy (non-hydrogen) atoms. The first kappa shape index (κ1) is 28.9. The largest absolute Gasteiger partial charge is 0.508 e. The Labute approximate surface area is 267 Å². The molecule has 8 heteroatoms. The lowest BCUT2D eigenvalue weighted by Crippen LogP contribution is -2.37. The van der Waals surface area contributed by atoms with Crippen LogP contribution in [-0.2, 0) is 30.4 Å². The number of phenols is 2. The maximum atomic E-state index is 10.7. The van der Waals surface area contributed by atoms with Gasteiger partial charge in [0, 0.05) is 23.1 Å². The second-order valence-electron chi connectivity index (χ2n) is 12.6. The molecule has 4 aromatic carbocycles. The van der Waals surface area contributed by atoms with Gasteiger partial charge in [-0.2, -0.15) is 0 Å². The Hall–Kier alpha value is -4.53. The predicted molar refractivity (Wildman–Crippen MR) is 175 cm³/mol. The number of ether oxygens (including phenoxy) is 4. The summed E-state index contributed by atoms with van der Waals surface area (Å²) in [7, 11) is 3.42. The summed E-state index contributed by atoms with van der Waals surface area (Å²) in [6, 6.07) is 17.7. The van der Waals surface area contributed by atoms with Crippen LogP contribution in [0.15, 0.2) is 59.6 Å². The third-order valence-corrected chi connectivity index (χ3v) is 9.84. The number of fused-ring (bicyclic) bond motifs is 9. The molecule has 236 valence electrons. The molecule has 0 spiro atoms. The summed E-state index contributed by atoms with van der Waals surface area (Å²) in [5, 5.41) is 26.4. The molecule has 3 heterocycles. The first-order valence-corrected chi connectivity index (χ1v) is 16.1. The molecule has 3 atom stereocenters. The van der Waals surface area contributed by atoms with Crippen LogP contribution in [0.5, 0.6) is 28.7 Å². The van der Waals surface area contributed by atoms with Crippen LogP contribution in [0.4, 0.5) is 0 Å². The van der Waals surface area contributed by atoms with E-state index in [2.05, 4.69) is 40.7 Å². The number of nitrogens with zero attached hydrogens (tertiary/aromatic N) is 1. The molecule has 3 N–H and O–H groups in total. The number of hydrogen-bond donors (Lipinski definition) is 3. The fraction of sp³-hybridized carbons (Fsp3) is 0.342. The Morgan fingerprint density at radius 1 is 0.978 bits per heavy atom. The smallest absolute Gasteiger partial charge is 0.160 e. The van der Waals surface area contributed by atoms with Crippen molar-refractivity contribution in [3.05, 3.63) is 98.6 Å². The third kappa shape index (κ3) is 4.87. The molecule has 8 rings (SSSR count). The van der Waals surface area contributed by atoms with Crippen LogP contribution >= 0.6 is 0 Å². The topological polar surface area (TPSA) is 102 Å². The number of rotatable bonds is 7. The standard InChI is InChI=1S/C38H38N2O6/c1-39-20-45-34-19-30-29-16-24(15-21-5-9-31-22(14-21)11-12-40-31)28-18-25(41)7-8-26(28)35(29)38-27(4-3-13-44-38)37(30)46-36(34)23-6-10-32(42)33(17-23)43-2/h5-11,14,17-18,24,34,36,39,41-42H,3-4,12-13,15-16,19-20H2,1-2H3. The molecule has 4 aromatic rings. The minimum absolute atomic E-state index is 0.0846. The van der Waals surface area contributed by atoms with Crippen LogP contribution in [0.1, 0.15) is 51.8 Å². The van der Waals surface area contributed by atoms with E-state index in [0.717, 1.165) is 76.9 Å². The van der Waals surface area contributed by atoms with E-state index in [1.54, 1.807) is 19.2 Å². The highest BCUT2D eigenvalue weighted by Crippen LogP contribution is 2.55. The van der Waals surface area contributed by atoms with E-state index in [1.807, 2.05) is 25.2 Å². The minimum Gasteiger partial charge on any atom is -0.508 e. The maximum Gasteiger partial charge on any atom is 0.160 e. The molecule has 0 bridgehead atoms. The van der Waals surface area contributed by atoms with Crippen molar-refractivity contribution in [2.24, 2.45) is 4.99 Å². The summed E-state index contributed by atoms with van der Waals surface area (Å²) in [6.45, 7) is 1.76. The molecule has 3 aliphatic heterocycles. The highest BCUT2D eigenvalue weighted by molar-refractivity contribution is 5.85. The molecular formula is C38H38N2O6. The van der Waals surface area contributed by atoms with E-state index in [4.69, 9.17) is 18.9 Å². The van der Waals surface area contributed by atoms with Crippen molar-refractivity contribution in [1.29, 1.82) is 0 Å². The van der Waals surface area contributed by atoms with Crippen LogP contribution in [0, 0.1) is 0 Å². The fourth-order valence-corrected chi connectivity index (χ4v) is 7.76. The maximum absolute atomic E-state index is 10.7. The first-order valence-electron chi connectivity index (χ1n) is 16.1. The molecule has 0 fully saturated rings. The van der Waals surface area contributed by atoms with Crippen molar-refractivity contribution in [2.75, 3.05) is 34.0 Å². The summed E-state index contributed by atoms with van der Waals surface area (Å²) in [5.41, 5.74) is 9.03. The second-order valence-corrected chi connectivity index (χ2v) is 12.6. The average Bonchev–Trinajstić information content (AvgIpc) is 3.55. The number of methoxy groups -OCH3 is 1. The van der Waals surface area contributed by atoms with Gasteiger partial charge in [0.15, 0.2) is 17.6 Å². The van der Waals surface area contributed by atoms with Crippen molar-refractivity contribution in [3.8, 4) is 39.9 Å². The van der Waals surface area contributed by atoms with Gasteiger partial charge in [0.2, 0.25) is 0 Å². The Balaban J connectivity index is 1.28. The Bertz CT molecular complexity index is 1970.